The molecule has 3 rings (SSSR count). The molecular weight excluding hydrogens is 238 g/mol. The molecule has 0 bridgehead atoms. The lowest BCUT2D eigenvalue weighted by Crippen LogP contribution is -1.81. The third kappa shape index (κ3) is 2.33. The van der Waals surface area contributed by atoms with E-state index in [2.05, 4.69) is 15.2 Å². The van der Waals surface area contributed by atoms with Crippen LogP contribution < -0.4 is 4.74 Å². The van der Waals surface area contributed by atoms with E-state index < -0.39 is 0 Å². The molecule has 2 aromatic heterocycles. The van der Waals surface area contributed by atoms with Crippen molar-refractivity contribution in [1.82, 2.24) is 15.2 Å². The van der Waals surface area contributed by atoms with E-state index in [0.29, 0.717) is 0 Å². The van der Waals surface area contributed by atoms with E-state index in [-0.39, 0.29) is 0 Å². The van der Waals surface area contributed by atoms with Crippen molar-refractivity contribution in [3.8, 4) is 5.75 Å². The molecule has 2 heterocycles. The van der Waals surface area contributed by atoms with Gasteiger partial charge in [0.15, 0.2) is 0 Å². The summed E-state index contributed by atoms with van der Waals surface area (Å²) in [5.74, 6) is 0.820. The Morgan fingerprint density at radius 1 is 1.11 bits per heavy atom. The quantitative estimate of drug-likeness (QED) is 0.778. The number of rotatable bonds is 3. The van der Waals surface area contributed by atoms with Gasteiger partial charge in [-0.15, -0.1) is 0 Å². The van der Waals surface area contributed by atoms with Crippen LogP contribution in [0.1, 0.15) is 11.3 Å². The van der Waals surface area contributed by atoms with Crippen molar-refractivity contribution in [1.29, 1.82) is 0 Å². The number of aromatic nitrogens is 3. The predicted molar refractivity (Wildman–Crippen MR) is 75.8 cm³/mol. The molecule has 0 aliphatic heterocycles. The fourth-order valence-electron chi connectivity index (χ4n) is 1.92. The molecule has 0 spiro atoms. The van der Waals surface area contributed by atoms with E-state index in [0.717, 1.165) is 27.9 Å². The summed E-state index contributed by atoms with van der Waals surface area (Å²) in [5, 5.41) is 8.38. The second-order valence-corrected chi connectivity index (χ2v) is 4.13. The van der Waals surface area contributed by atoms with Crippen molar-refractivity contribution >= 4 is 23.1 Å². The number of hydrogen-bond acceptors (Lipinski definition) is 3. The molecule has 0 saturated heterocycles. The Bertz CT molecular complexity index is 717. The smallest absolute Gasteiger partial charge is 0.121 e. The van der Waals surface area contributed by atoms with E-state index in [9.17, 15) is 0 Å². The number of benzene rings is 1. The largest absolute Gasteiger partial charge is 0.497 e. The third-order valence-corrected chi connectivity index (χ3v) is 2.94. The number of methoxy groups -OCH3 is 1. The van der Waals surface area contributed by atoms with Gasteiger partial charge < -0.3 is 4.74 Å². The van der Waals surface area contributed by atoms with E-state index in [4.69, 9.17) is 4.74 Å². The molecule has 3 aromatic rings. The maximum absolute atomic E-state index is 5.19. The molecule has 0 radical (unpaired) electrons. The zero-order valence-corrected chi connectivity index (χ0v) is 10.5. The topological polar surface area (TPSA) is 50.8 Å². The highest BCUT2D eigenvalue weighted by Gasteiger charge is 2.03. The van der Waals surface area contributed by atoms with Crippen LogP contribution in [0.25, 0.3) is 23.1 Å². The van der Waals surface area contributed by atoms with Gasteiger partial charge in [0.25, 0.3) is 0 Å². The molecule has 0 amide bonds. The van der Waals surface area contributed by atoms with E-state index in [1.165, 1.54) is 0 Å². The molecule has 0 unspecified atom stereocenters. The fourth-order valence-corrected chi connectivity index (χ4v) is 1.92. The molecule has 4 heteroatoms. The third-order valence-electron chi connectivity index (χ3n) is 2.94. The molecule has 1 N–H and O–H groups in total. The summed E-state index contributed by atoms with van der Waals surface area (Å²) in [6.45, 7) is 0. The Balaban J connectivity index is 1.96. The first-order chi connectivity index (χ1) is 9.36. The normalized spacial score (nSPS) is 11.2. The molecule has 0 aliphatic rings. The van der Waals surface area contributed by atoms with E-state index >= 15 is 0 Å². The second kappa shape index (κ2) is 4.94. The minimum Gasteiger partial charge on any atom is -0.497 e. The summed E-state index contributed by atoms with van der Waals surface area (Å²) in [6, 6.07) is 9.78. The summed E-state index contributed by atoms with van der Waals surface area (Å²) in [7, 11) is 1.65. The van der Waals surface area contributed by atoms with E-state index in [1.807, 2.05) is 42.5 Å². The van der Waals surface area contributed by atoms with Gasteiger partial charge in [0.05, 0.1) is 18.3 Å². The van der Waals surface area contributed by atoms with Crippen LogP contribution >= 0.6 is 0 Å². The number of aromatic amines is 1. The van der Waals surface area contributed by atoms with Gasteiger partial charge in [0.1, 0.15) is 5.75 Å². The standard InChI is InChI=1S/C15H13N3O/c1-19-12-3-4-13-14(17-18-15(13)10-12)5-2-11-6-8-16-9-7-11/h2-10H,1H3,(H,17,18). The highest BCUT2D eigenvalue weighted by molar-refractivity contribution is 5.90. The summed E-state index contributed by atoms with van der Waals surface area (Å²) in [6.07, 6.45) is 7.54. The molecule has 4 nitrogen and oxygen atoms in total. The molecule has 0 saturated carbocycles. The van der Waals surface area contributed by atoms with Gasteiger partial charge in [-0.1, -0.05) is 6.08 Å². The molecule has 1 aromatic carbocycles. The van der Waals surface area contributed by atoms with Gasteiger partial charge in [-0.25, -0.2) is 0 Å². The first kappa shape index (κ1) is 11.5. The maximum atomic E-state index is 5.19. The van der Waals surface area contributed by atoms with Crippen LogP contribution in [0.4, 0.5) is 0 Å². The van der Waals surface area contributed by atoms with Crippen molar-refractivity contribution in [2.75, 3.05) is 7.11 Å². The number of hydrogen-bond donors (Lipinski definition) is 1. The van der Waals surface area contributed by atoms with Crippen LogP contribution in [0, 0.1) is 0 Å². The molecular formula is C15H13N3O. The Kier molecular flexibility index (Phi) is 2.98. The Labute approximate surface area is 110 Å². The number of nitrogens with zero attached hydrogens (tertiary/aromatic N) is 2. The molecule has 0 atom stereocenters. The monoisotopic (exact) mass is 251 g/mol. The average molecular weight is 251 g/mol. The maximum Gasteiger partial charge on any atom is 0.121 e. The van der Waals surface area contributed by atoms with Crippen LogP contribution in [-0.4, -0.2) is 22.3 Å². The summed E-state index contributed by atoms with van der Waals surface area (Å²) in [5.41, 5.74) is 2.97. The van der Waals surface area contributed by atoms with Crippen LogP contribution in [0.15, 0.2) is 42.7 Å². The number of fused-ring (bicyclic) bond motifs is 1. The van der Waals surface area contributed by atoms with Crippen LogP contribution in [0.3, 0.4) is 0 Å². The Morgan fingerprint density at radius 2 is 1.95 bits per heavy atom. The summed E-state index contributed by atoms with van der Waals surface area (Å²) >= 11 is 0. The van der Waals surface area contributed by atoms with Crippen molar-refractivity contribution in [3.05, 3.63) is 54.0 Å². The van der Waals surface area contributed by atoms with Gasteiger partial charge in [-0.3, -0.25) is 10.1 Å². The first-order valence-corrected chi connectivity index (χ1v) is 5.97. The summed E-state index contributed by atoms with van der Waals surface area (Å²) < 4.78 is 5.19. The van der Waals surface area contributed by atoms with Gasteiger partial charge in [-0.2, -0.15) is 5.10 Å². The molecule has 19 heavy (non-hydrogen) atoms. The zero-order chi connectivity index (χ0) is 13.1. The fraction of sp³-hybridized carbons (Fsp3) is 0.0667. The number of nitrogens with one attached hydrogen (secondary N) is 1. The zero-order valence-electron chi connectivity index (χ0n) is 10.5. The average Bonchev–Trinajstić information content (AvgIpc) is 2.88. The van der Waals surface area contributed by atoms with Gasteiger partial charge in [-0.05, 0) is 35.9 Å². The number of pyridine rings is 1. The van der Waals surface area contributed by atoms with Gasteiger partial charge in [0, 0.05) is 23.8 Å². The number of ether oxygens (including phenoxy) is 1. The van der Waals surface area contributed by atoms with Crippen molar-refractivity contribution in [2.24, 2.45) is 0 Å². The van der Waals surface area contributed by atoms with Crippen LogP contribution in [0.5, 0.6) is 5.75 Å². The van der Waals surface area contributed by atoms with Crippen LogP contribution in [0.2, 0.25) is 0 Å². The highest BCUT2D eigenvalue weighted by atomic mass is 16.5. The lowest BCUT2D eigenvalue weighted by atomic mass is 10.1. The molecule has 0 fully saturated rings. The van der Waals surface area contributed by atoms with Gasteiger partial charge >= 0.3 is 0 Å². The van der Waals surface area contributed by atoms with E-state index in [1.54, 1.807) is 19.5 Å². The Morgan fingerprint density at radius 3 is 2.74 bits per heavy atom. The second-order valence-electron chi connectivity index (χ2n) is 4.13. The minimum absolute atomic E-state index is 0.820. The van der Waals surface area contributed by atoms with Gasteiger partial charge in [0.2, 0.25) is 0 Å². The lowest BCUT2D eigenvalue weighted by Gasteiger charge is -1.98. The number of H-pyrrole nitrogens is 1. The van der Waals surface area contributed by atoms with Crippen molar-refractivity contribution in [2.45, 2.75) is 0 Å². The van der Waals surface area contributed by atoms with Crippen LogP contribution in [-0.2, 0) is 0 Å². The molecule has 0 aliphatic carbocycles. The summed E-state index contributed by atoms with van der Waals surface area (Å²) in [4.78, 5) is 3.99. The SMILES string of the molecule is COc1ccc2c(C=Cc3ccncc3)n[nH]c2c1. The Hall–Kier alpha value is -2.62. The highest BCUT2D eigenvalue weighted by Crippen LogP contribution is 2.22. The van der Waals surface area contributed by atoms with Crippen molar-refractivity contribution in [3.63, 3.8) is 0 Å². The predicted octanol–water partition coefficient (Wildman–Crippen LogP) is 3.14. The lowest BCUT2D eigenvalue weighted by molar-refractivity contribution is 0.415. The molecule has 94 valence electrons. The first-order valence-electron chi connectivity index (χ1n) is 5.97. The van der Waals surface area contributed by atoms with Crippen molar-refractivity contribution < 1.29 is 4.74 Å². The minimum atomic E-state index is 0.820.